The summed E-state index contributed by atoms with van der Waals surface area (Å²) in [6, 6.07) is 4.84. The molecule has 2 atom stereocenters. The maximum atomic E-state index is 13.0. The number of rotatable bonds is 8. The Kier molecular flexibility index (Phi) is 7.10. The largest absolute Gasteiger partial charge is 0.490 e. The Bertz CT molecular complexity index is 651. The third kappa shape index (κ3) is 5.09. The molecule has 0 aromatic heterocycles. The van der Waals surface area contributed by atoms with Crippen molar-refractivity contribution < 1.29 is 22.6 Å². The van der Waals surface area contributed by atoms with Gasteiger partial charge in [-0.3, -0.25) is 0 Å². The molecule has 0 amide bonds. The fraction of sp³-hybridized carbons (Fsp3) is 0.667. The highest BCUT2D eigenvalue weighted by Gasteiger charge is 2.32. The van der Waals surface area contributed by atoms with E-state index >= 15 is 0 Å². The summed E-state index contributed by atoms with van der Waals surface area (Å²) >= 11 is 0. The van der Waals surface area contributed by atoms with E-state index in [4.69, 9.17) is 14.2 Å². The van der Waals surface area contributed by atoms with Crippen molar-refractivity contribution in [1.29, 1.82) is 0 Å². The minimum Gasteiger partial charge on any atom is -0.490 e. The summed E-state index contributed by atoms with van der Waals surface area (Å²) in [6.45, 7) is 9.57. The molecule has 0 bridgehead atoms. The van der Waals surface area contributed by atoms with Crippen molar-refractivity contribution in [3.63, 3.8) is 0 Å². The Morgan fingerprint density at radius 2 is 1.60 bits per heavy atom. The van der Waals surface area contributed by atoms with Crippen molar-refractivity contribution in [1.82, 2.24) is 4.31 Å². The van der Waals surface area contributed by atoms with Crippen LogP contribution in [0.15, 0.2) is 23.1 Å². The fourth-order valence-electron chi connectivity index (χ4n) is 2.78. The van der Waals surface area contributed by atoms with Crippen LogP contribution in [0.1, 0.15) is 40.5 Å². The lowest BCUT2D eigenvalue weighted by Gasteiger charge is -2.34. The van der Waals surface area contributed by atoms with Crippen LogP contribution in [0.3, 0.4) is 0 Å². The highest BCUT2D eigenvalue weighted by molar-refractivity contribution is 7.89. The molecule has 1 saturated heterocycles. The minimum atomic E-state index is -3.59. The zero-order valence-corrected chi connectivity index (χ0v) is 16.3. The molecule has 1 aliphatic heterocycles. The van der Waals surface area contributed by atoms with Crippen molar-refractivity contribution in [2.75, 3.05) is 26.3 Å². The summed E-state index contributed by atoms with van der Waals surface area (Å²) in [6.07, 6.45) is 1.46. The van der Waals surface area contributed by atoms with Crippen LogP contribution in [0, 0.1) is 0 Å². The third-order valence-corrected chi connectivity index (χ3v) is 5.69. The molecule has 25 heavy (non-hydrogen) atoms. The van der Waals surface area contributed by atoms with Gasteiger partial charge < -0.3 is 14.2 Å². The molecule has 0 radical (unpaired) electrons. The predicted octanol–water partition coefficient (Wildman–Crippen LogP) is 3.06. The van der Waals surface area contributed by atoms with Crippen LogP contribution in [0.25, 0.3) is 0 Å². The van der Waals surface area contributed by atoms with E-state index < -0.39 is 10.0 Å². The van der Waals surface area contributed by atoms with E-state index in [9.17, 15) is 8.42 Å². The van der Waals surface area contributed by atoms with Gasteiger partial charge in [-0.05, 0) is 38.8 Å². The molecule has 0 aliphatic carbocycles. The van der Waals surface area contributed by atoms with Gasteiger partial charge in [-0.2, -0.15) is 4.31 Å². The van der Waals surface area contributed by atoms with Crippen molar-refractivity contribution in [2.24, 2.45) is 0 Å². The number of sulfonamides is 1. The molecule has 1 heterocycles. The van der Waals surface area contributed by atoms with Gasteiger partial charge in [0, 0.05) is 19.2 Å². The second kappa shape index (κ2) is 8.87. The van der Waals surface area contributed by atoms with E-state index in [0.717, 1.165) is 12.8 Å². The lowest BCUT2D eigenvalue weighted by atomic mass is 10.3. The van der Waals surface area contributed by atoms with Gasteiger partial charge in [-0.1, -0.05) is 13.8 Å². The van der Waals surface area contributed by atoms with E-state index in [-0.39, 0.29) is 17.1 Å². The molecule has 7 heteroatoms. The standard InChI is InChI=1S/C18H29NO5S/c1-5-9-22-17-8-7-16(11-18(17)23-10-6-2)25(20,21)19-12-14(3)24-15(4)13-19/h7-8,11,14-15H,5-6,9-10,12-13H2,1-4H3/t14-,15-/m0/s1. The van der Waals surface area contributed by atoms with Gasteiger partial charge in [0.1, 0.15) is 0 Å². The van der Waals surface area contributed by atoms with Crippen LogP contribution in [-0.4, -0.2) is 51.2 Å². The highest BCUT2D eigenvalue weighted by Crippen LogP contribution is 2.32. The summed E-state index contributed by atoms with van der Waals surface area (Å²) in [5.74, 6) is 1.06. The molecule has 1 fully saturated rings. The highest BCUT2D eigenvalue weighted by atomic mass is 32.2. The Morgan fingerprint density at radius 1 is 1.04 bits per heavy atom. The summed E-state index contributed by atoms with van der Waals surface area (Å²) in [4.78, 5) is 0.226. The molecule has 0 unspecified atom stereocenters. The zero-order valence-electron chi connectivity index (χ0n) is 15.5. The van der Waals surface area contributed by atoms with Crippen LogP contribution < -0.4 is 9.47 Å². The second-order valence-electron chi connectivity index (χ2n) is 6.38. The van der Waals surface area contributed by atoms with Crippen LogP contribution in [-0.2, 0) is 14.8 Å². The monoisotopic (exact) mass is 371 g/mol. The Labute approximate surface area is 151 Å². The number of nitrogens with zero attached hydrogens (tertiary/aromatic N) is 1. The van der Waals surface area contributed by atoms with E-state index in [0.29, 0.717) is 37.8 Å². The van der Waals surface area contributed by atoms with E-state index in [1.807, 2.05) is 27.7 Å². The molecule has 142 valence electrons. The van der Waals surface area contributed by atoms with Crippen LogP contribution in [0.4, 0.5) is 0 Å². The van der Waals surface area contributed by atoms with Gasteiger partial charge in [0.05, 0.1) is 30.3 Å². The molecule has 6 nitrogen and oxygen atoms in total. The lowest BCUT2D eigenvalue weighted by Crippen LogP contribution is -2.48. The van der Waals surface area contributed by atoms with E-state index in [1.54, 1.807) is 18.2 Å². The first-order chi connectivity index (χ1) is 11.9. The number of ether oxygens (including phenoxy) is 3. The summed E-state index contributed by atoms with van der Waals surface area (Å²) in [5.41, 5.74) is 0. The first-order valence-electron chi connectivity index (χ1n) is 8.93. The average molecular weight is 371 g/mol. The summed E-state index contributed by atoms with van der Waals surface area (Å²) < 4.78 is 44.5. The van der Waals surface area contributed by atoms with Gasteiger partial charge in [-0.25, -0.2) is 8.42 Å². The van der Waals surface area contributed by atoms with E-state index in [1.165, 1.54) is 4.31 Å². The van der Waals surface area contributed by atoms with Gasteiger partial charge in [0.25, 0.3) is 0 Å². The number of hydrogen-bond acceptors (Lipinski definition) is 5. The molecule has 1 aromatic rings. The minimum absolute atomic E-state index is 0.124. The van der Waals surface area contributed by atoms with Crippen molar-refractivity contribution >= 4 is 10.0 Å². The number of morpholine rings is 1. The molecular formula is C18H29NO5S. The molecular weight excluding hydrogens is 342 g/mol. The normalized spacial score (nSPS) is 21.9. The Morgan fingerprint density at radius 3 is 2.16 bits per heavy atom. The maximum Gasteiger partial charge on any atom is 0.243 e. The molecule has 0 spiro atoms. The van der Waals surface area contributed by atoms with Crippen molar-refractivity contribution in [2.45, 2.75) is 57.6 Å². The average Bonchev–Trinajstić information content (AvgIpc) is 2.57. The fourth-order valence-corrected chi connectivity index (χ4v) is 4.39. The van der Waals surface area contributed by atoms with Crippen LogP contribution in [0.2, 0.25) is 0 Å². The Balaban J connectivity index is 2.30. The molecule has 1 aromatic carbocycles. The quantitative estimate of drug-likeness (QED) is 0.703. The topological polar surface area (TPSA) is 65.1 Å². The first kappa shape index (κ1) is 20.0. The van der Waals surface area contributed by atoms with Crippen LogP contribution in [0.5, 0.6) is 11.5 Å². The van der Waals surface area contributed by atoms with E-state index in [2.05, 4.69) is 0 Å². The van der Waals surface area contributed by atoms with Gasteiger partial charge in [0.2, 0.25) is 10.0 Å². The van der Waals surface area contributed by atoms with Gasteiger partial charge in [-0.15, -0.1) is 0 Å². The molecule has 1 aliphatic rings. The van der Waals surface area contributed by atoms with Crippen LogP contribution >= 0.6 is 0 Å². The molecule has 2 rings (SSSR count). The third-order valence-electron chi connectivity index (χ3n) is 3.86. The summed E-state index contributed by atoms with van der Waals surface area (Å²) in [5, 5.41) is 0. The van der Waals surface area contributed by atoms with Crippen molar-refractivity contribution in [3.05, 3.63) is 18.2 Å². The number of benzene rings is 1. The smallest absolute Gasteiger partial charge is 0.243 e. The molecule has 0 N–H and O–H groups in total. The van der Waals surface area contributed by atoms with Crippen molar-refractivity contribution in [3.8, 4) is 11.5 Å². The second-order valence-corrected chi connectivity index (χ2v) is 8.32. The maximum absolute atomic E-state index is 13.0. The van der Waals surface area contributed by atoms with Gasteiger partial charge in [0.15, 0.2) is 11.5 Å². The van der Waals surface area contributed by atoms with Gasteiger partial charge >= 0.3 is 0 Å². The lowest BCUT2D eigenvalue weighted by molar-refractivity contribution is -0.0440. The number of hydrogen-bond donors (Lipinski definition) is 0. The SMILES string of the molecule is CCCOc1ccc(S(=O)(=O)N2C[C@H](C)O[C@@H](C)C2)cc1OCCC. The zero-order chi connectivity index (χ0) is 18.4. The summed E-state index contributed by atoms with van der Waals surface area (Å²) in [7, 11) is -3.59. The first-order valence-corrected chi connectivity index (χ1v) is 10.4. The predicted molar refractivity (Wildman–Crippen MR) is 96.8 cm³/mol. The molecule has 0 saturated carbocycles. The Hall–Kier alpha value is -1.31.